The van der Waals surface area contributed by atoms with Crippen LogP contribution < -0.4 is 10.1 Å². The van der Waals surface area contributed by atoms with Gasteiger partial charge in [0, 0.05) is 33.1 Å². The number of aromatic nitrogens is 1. The first-order valence-corrected chi connectivity index (χ1v) is 10.2. The maximum absolute atomic E-state index is 13.4. The monoisotopic (exact) mass is 412 g/mol. The van der Waals surface area contributed by atoms with Crippen LogP contribution in [0.2, 0.25) is 10.0 Å². The van der Waals surface area contributed by atoms with E-state index < -0.39 is 0 Å². The second-order valence-corrected chi connectivity index (χ2v) is 8.15. The van der Waals surface area contributed by atoms with Crippen molar-refractivity contribution in [3.63, 3.8) is 0 Å². The first kappa shape index (κ1) is 17.8. The minimum Gasteiger partial charge on any atom is -0.493 e. The van der Waals surface area contributed by atoms with Crippen LogP contribution in [0.25, 0.3) is 10.9 Å². The lowest BCUT2D eigenvalue weighted by atomic mass is 9.97. The van der Waals surface area contributed by atoms with Crippen molar-refractivity contribution < 1.29 is 9.53 Å². The van der Waals surface area contributed by atoms with E-state index in [-0.39, 0.29) is 11.9 Å². The van der Waals surface area contributed by atoms with Crippen LogP contribution in [-0.4, -0.2) is 17.5 Å². The summed E-state index contributed by atoms with van der Waals surface area (Å²) < 4.78 is 5.72. The molecule has 28 heavy (non-hydrogen) atoms. The van der Waals surface area contributed by atoms with Crippen LogP contribution in [0.15, 0.2) is 36.4 Å². The van der Waals surface area contributed by atoms with Crippen molar-refractivity contribution in [1.29, 1.82) is 0 Å². The number of carbonyl (C=O) groups excluding carboxylic acids is 1. The van der Waals surface area contributed by atoms with Crippen molar-refractivity contribution >= 4 is 40.0 Å². The van der Waals surface area contributed by atoms with Crippen LogP contribution in [0.1, 0.15) is 46.1 Å². The standard InChI is InChI=1S/C22H18Cl2N2O2/c23-12-4-6-18-16(11-12)21(14-2-1-3-17(14)25-18)22(27)26-19-8-9-28-20-7-5-13(24)10-15(19)20/h4-7,10-11,19H,1-3,8-9H2,(H,26,27). The van der Waals surface area contributed by atoms with E-state index in [1.54, 1.807) is 6.07 Å². The van der Waals surface area contributed by atoms with Crippen LogP contribution in [0.3, 0.4) is 0 Å². The SMILES string of the molecule is O=C(NC1CCOc2ccc(Cl)cc21)c1c2c(nc3ccc(Cl)cc13)CCC2. The van der Waals surface area contributed by atoms with E-state index in [4.69, 9.17) is 32.9 Å². The van der Waals surface area contributed by atoms with Crippen molar-refractivity contribution in [1.82, 2.24) is 10.3 Å². The minimum absolute atomic E-state index is 0.0920. The molecule has 1 amide bonds. The summed E-state index contributed by atoms with van der Waals surface area (Å²) in [5.41, 5.74) is 4.50. The van der Waals surface area contributed by atoms with Crippen LogP contribution in [-0.2, 0) is 12.8 Å². The van der Waals surface area contributed by atoms with E-state index in [0.29, 0.717) is 28.6 Å². The summed E-state index contributed by atoms with van der Waals surface area (Å²) in [7, 11) is 0. The van der Waals surface area contributed by atoms with Crippen molar-refractivity contribution in [2.45, 2.75) is 31.7 Å². The zero-order chi connectivity index (χ0) is 19.3. The van der Waals surface area contributed by atoms with Gasteiger partial charge in [0.15, 0.2) is 0 Å². The molecular formula is C22H18Cl2N2O2. The Labute approximate surface area is 172 Å². The van der Waals surface area contributed by atoms with Gasteiger partial charge < -0.3 is 10.1 Å². The van der Waals surface area contributed by atoms with Crippen molar-refractivity contribution in [2.24, 2.45) is 0 Å². The largest absolute Gasteiger partial charge is 0.493 e. The second kappa shape index (κ2) is 6.94. The number of nitrogens with one attached hydrogen (secondary N) is 1. The Morgan fingerprint density at radius 2 is 1.93 bits per heavy atom. The number of benzene rings is 2. The van der Waals surface area contributed by atoms with Gasteiger partial charge in [-0.1, -0.05) is 23.2 Å². The fourth-order valence-corrected chi connectivity index (χ4v) is 4.59. The number of aryl methyl sites for hydroxylation is 1. The molecule has 3 aromatic rings. The molecule has 1 unspecified atom stereocenters. The highest BCUT2D eigenvalue weighted by Gasteiger charge is 2.28. The predicted molar refractivity (Wildman–Crippen MR) is 111 cm³/mol. The molecule has 1 aliphatic heterocycles. The zero-order valence-electron chi connectivity index (χ0n) is 15.1. The van der Waals surface area contributed by atoms with Gasteiger partial charge in [-0.2, -0.15) is 0 Å². The lowest BCUT2D eigenvalue weighted by Crippen LogP contribution is -2.33. The fraction of sp³-hybridized carbons (Fsp3) is 0.273. The molecule has 4 nitrogen and oxygen atoms in total. The third-order valence-electron chi connectivity index (χ3n) is 5.52. The molecule has 1 N–H and O–H groups in total. The number of halogens is 2. The molecule has 0 radical (unpaired) electrons. The molecule has 0 saturated carbocycles. The Morgan fingerprint density at radius 3 is 2.82 bits per heavy atom. The number of amides is 1. The zero-order valence-corrected chi connectivity index (χ0v) is 16.6. The van der Waals surface area contributed by atoms with Gasteiger partial charge in [-0.05, 0) is 61.2 Å². The predicted octanol–water partition coefficient (Wildman–Crippen LogP) is 5.28. The molecule has 2 heterocycles. The molecule has 0 spiro atoms. The van der Waals surface area contributed by atoms with Gasteiger partial charge >= 0.3 is 0 Å². The lowest BCUT2D eigenvalue weighted by Gasteiger charge is -2.27. The molecular weight excluding hydrogens is 395 g/mol. The first-order chi connectivity index (χ1) is 13.6. The fourth-order valence-electron chi connectivity index (χ4n) is 4.24. The van der Waals surface area contributed by atoms with Crippen LogP contribution in [0.5, 0.6) is 5.75 Å². The van der Waals surface area contributed by atoms with E-state index in [1.807, 2.05) is 30.3 Å². The van der Waals surface area contributed by atoms with E-state index in [0.717, 1.165) is 52.7 Å². The van der Waals surface area contributed by atoms with Gasteiger partial charge in [0.1, 0.15) is 5.75 Å². The number of pyridine rings is 1. The van der Waals surface area contributed by atoms with Crippen LogP contribution in [0.4, 0.5) is 0 Å². The average Bonchev–Trinajstić information content (AvgIpc) is 3.14. The Hall–Kier alpha value is -2.30. The number of carbonyl (C=O) groups is 1. The first-order valence-electron chi connectivity index (χ1n) is 9.44. The second-order valence-electron chi connectivity index (χ2n) is 7.27. The van der Waals surface area contributed by atoms with Crippen LogP contribution >= 0.6 is 23.2 Å². The highest BCUT2D eigenvalue weighted by Crippen LogP contribution is 2.36. The Bertz CT molecular complexity index is 1110. The number of ether oxygens (including phenoxy) is 1. The summed E-state index contributed by atoms with van der Waals surface area (Å²) in [5.74, 6) is 0.680. The molecule has 6 heteroatoms. The van der Waals surface area contributed by atoms with Gasteiger partial charge in [-0.25, -0.2) is 0 Å². The van der Waals surface area contributed by atoms with Gasteiger partial charge in [-0.15, -0.1) is 0 Å². The van der Waals surface area contributed by atoms with E-state index >= 15 is 0 Å². The van der Waals surface area contributed by atoms with Gasteiger partial charge in [0.25, 0.3) is 5.91 Å². The molecule has 5 rings (SSSR count). The quantitative estimate of drug-likeness (QED) is 0.622. The number of nitrogens with zero attached hydrogens (tertiary/aromatic N) is 1. The van der Waals surface area contributed by atoms with E-state index in [9.17, 15) is 4.79 Å². The Morgan fingerprint density at radius 1 is 1.11 bits per heavy atom. The summed E-state index contributed by atoms with van der Waals surface area (Å²) in [5, 5.41) is 5.25. The van der Waals surface area contributed by atoms with Gasteiger partial charge in [-0.3, -0.25) is 9.78 Å². The normalized spacial score (nSPS) is 17.7. The average molecular weight is 413 g/mol. The highest BCUT2D eigenvalue weighted by atomic mass is 35.5. The molecule has 2 aromatic carbocycles. The summed E-state index contributed by atoms with van der Waals surface area (Å²) >= 11 is 12.4. The summed E-state index contributed by atoms with van der Waals surface area (Å²) in [4.78, 5) is 18.2. The molecule has 142 valence electrons. The smallest absolute Gasteiger partial charge is 0.252 e. The Kier molecular flexibility index (Phi) is 4.41. The molecule has 0 bridgehead atoms. The number of hydrogen-bond acceptors (Lipinski definition) is 3. The molecule has 1 aromatic heterocycles. The summed E-state index contributed by atoms with van der Waals surface area (Å²) in [6.07, 6.45) is 3.49. The molecule has 0 saturated heterocycles. The molecule has 1 aliphatic carbocycles. The van der Waals surface area contributed by atoms with Gasteiger partial charge in [0.2, 0.25) is 0 Å². The molecule has 0 fully saturated rings. The van der Waals surface area contributed by atoms with Crippen LogP contribution in [0, 0.1) is 0 Å². The Balaban J connectivity index is 1.58. The highest BCUT2D eigenvalue weighted by molar-refractivity contribution is 6.31. The third kappa shape index (κ3) is 3.01. The van der Waals surface area contributed by atoms with E-state index in [2.05, 4.69) is 5.32 Å². The van der Waals surface area contributed by atoms with Crippen molar-refractivity contribution in [3.8, 4) is 5.75 Å². The van der Waals surface area contributed by atoms with Crippen molar-refractivity contribution in [3.05, 3.63) is 68.8 Å². The van der Waals surface area contributed by atoms with Gasteiger partial charge in [0.05, 0.1) is 23.7 Å². The minimum atomic E-state index is -0.144. The molecule has 2 aliphatic rings. The summed E-state index contributed by atoms with van der Waals surface area (Å²) in [6.45, 7) is 0.556. The third-order valence-corrected chi connectivity index (χ3v) is 5.99. The summed E-state index contributed by atoms with van der Waals surface area (Å²) in [6, 6.07) is 10.9. The van der Waals surface area contributed by atoms with E-state index in [1.165, 1.54) is 0 Å². The topological polar surface area (TPSA) is 51.2 Å². The lowest BCUT2D eigenvalue weighted by molar-refractivity contribution is 0.0925. The maximum Gasteiger partial charge on any atom is 0.252 e. The van der Waals surface area contributed by atoms with Crippen molar-refractivity contribution in [2.75, 3.05) is 6.61 Å². The maximum atomic E-state index is 13.4. The number of hydrogen-bond donors (Lipinski definition) is 1. The number of fused-ring (bicyclic) bond motifs is 3. The molecule has 1 atom stereocenters. The number of rotatable bonds is 2.